The molecule has 3 heteroatoms. The maximum atomic E-state index is 5.92. The SMILES string of the molecule is CC(C)C1CCC(C(NN)c2cccc3c2OCC3)CC1. The average molecular weight is 288 g/mol. The second-order valence-electron chi connectivity index (χ2n) is 7.00. The van der Waals surface area contributed by atoms with Crippen molar-refractivity contribution in [3.63, 3.8) is 0 Å². The lowest BCUT2D eigenvalue weighted by molar-refractivity contribution is 0.187. The molecule has 1 aromatic carbocycles. The summed E-state index contributed by atoms with van der Waals surface area (Å²) in [5.41, 5.74) is 5.68. The van der Waals surface area contributed by atoms with Gasteiger partial charge in [-0.25, -0.2) is 0 Å². The number of fused-ring (bicyclic) bond motifs is 1. The molecule has 1 aromatic rings. The molecule has 0 saturated heterocycles. The zero-order valence-electron chi connectivity index (χ0n) is 13.3. The Bertz CT molecular complexity index is 478. The van der Waals surface area contributed by atoms with Gasteiger partial charge in [0.05, 0.1) is 12.6 Å². The van der Waals surface area contributed by atoms with E-state index in [-0.39, 0.29) is 6.04 Å². The van der Waals surface area contributed by atoms with Crippen LogP contribution in [0, 0.1) is 17.8 Å². The Morgan fingerprint density at radius 1 is 1.14 bits per heavy atom. The van der Waals surface area contributed by atoms with Crippen molar-refractivity contribution in [3.05, 3.63) is 29.3 Å². The van der Waals surface area contributed by atoms with E-state index in [1.807, 2.05) is 0 Å². The molecule has 1 aliphatic heterocycles. The van der Waals surface area contributed by atoms with Crippen molar-refractivity contribution in [3.8, 4) is 5.75 Å². The van der Waals surface area contributed by atoms with Gasteiger partial charge in [-0.05, 0) is 49.0 Å². The lowest BCUT2D eigenvalue weighted by Gasteiger charge is -2.35. The molecule has 0 radical (unpaired) electrons. The summed E-state index contributed by atoms with van der Waals surface area (Å²) < 4.78 is 5.87. The van der Waals surface area contributed by atoms with Crippen LogP contribution in [-0.2, 0) is 6.42 Å². The Kier molecular flexibility index (Phi) is 4.51. The first-order valence-corrected chi connectivity index (χ1v) is 8.41. The molecule has 21 heavy (non-hydrogen) atoms. The molecule has 0 bridgehead atoms. The number of hydrogen-bond donors (Lipinski definition) is 2. The summed E-state index contributed by atoms with van der Waals surface area (Å²) in [5.74, 6) is 9.33. The molecule has 3 nitrogen and oxygen atoms in total. The minimum atomic E-state index is 0.228. The molecule has 3 N–H and O–H groups in total. The molecule has 0 aromatic heterocycles. The fraction of sp³-hybridized carbons (Fsp3) is 0.667. The van der Waals surface area contributed by atoms with E-state index in [0.717, 1.165) is 30.6 Å². The molecule has 1 atom stereocenters. The van der Waals surface area contributed by atoms with Crippen molar-refractivity contribution < 1.29 is 4.74 Å². The second-order valence-corrected chi connectivity index (χ2v) is 7.00. The number of nitrogens with two attached hydrogens (primary N) is 1. The largest absolute Gasteiger partial charge is 0.493 e. The van der Waals surface area contributed by atoms with Crippen LogP contribution in [-0.4, -0.2) is 6.61 Å². The van der Waals surface area contributed by atoms with Crippen molar-refractivity contribution in [1.29, 1.82) is 0 Å². The van der Waals surface area contributed by atoms with E-state index in [1.54, 1.807) is 0 Å². The van der Waals surface area contributed by atoms with Crippen molar-refractivity contribution in [2.24, 2.45) is 23.6 Å². The molecular weight excluding hydrogens is 260 g/mol. The van der Waals surface area contributed by atoms with E-state index in [0.29, 0.717) is 5.92 Å². The maximum Gasteiger partial charge on any atom is 0.127 e. The summed E-state index contributed by atoms with van der Waals surface area (Å²) in [5, 5.41) is 0. The van der Waals surface area contributed by atoms with Crippen LogP contribution >= 0.6 is 0 Å². The Balaban J connectivity index is 1.76. The number of rotatable bonds is 4. The predicted molar refractivity (Wildman–Crippen MR) is 86.0 cm³/mol. The van der Waals surface area contributed by atoms with Crippen molar-refractivity contribution in [2.75, 3.05) is 6.61 Å². The Morgan fingerprint density at radius 3 is 2.52 bits per heavy atom. The van der Waals surface area contributed by atoms with Gasteiger partial charge in [0.25, 0.3) is 0 Å². The normalized spacial score (nSPS) is 26.5. The summed E-state index contributed by atoms with van der Waals surface area (Å²) in [6.45, 7) is 5.51. The molecule has 1 unspecified atom stereocenters. The van der Waals surface area contributed by atoms with Gasteiger partial charge in [-0.15, -0.1) is 0 Å². The first-order chi connectivity index (χ1) is 10.2. The zero-order chi connectivity index (χ0) is 14.8. The first-order valence-electron chi connectivity index (χ1n) is 8.41. The van der Waals surface area contributed by atoms with Crippen molar-refractivity contribution in [1.82, 2.24) is 5.43 Å². The number of ether oxygens (including phenoxy) is 1. The molecule has 0 amide bonds. The number of nitrogens with one attached hydrogen (secondary N) is 1. The van der Waals surface area contributed by atoms with Gasteiger partial charge in [0.2, 0.25) is 0 Å². The van der Waals surface area contributed by atoms with Gasteiger partial charge in [0.15, 0.2) is 0 Å². The highest BCUT2D eigenvalue weighted by molar-refractivity contribution is 5.45. The Hall–Kier alpha value is -1.06. The number of para-hydroxylation sites is 1. The van der Waals surface area contributed by atoms with Gasteiger partial charge in [0.1, 0.15) is 5.75 Å². The van der Waals surface area contributed by atoms with Gasteiger partial charge in [-0.3, -0.25) is 11.3 Å². The van der Waals surface area contributed by atoms with Crippen molar-refractivity contribution >= 4 is 0 Å². The molecular formula is C18H28N2O. The monoisotopic (exact) mass is 288 g/mol. The Morgan fingerprint density at radius 2 is 1.86 bits per heavy atom. The van der Waals surface area contributed by atoms with E-state index in [1.165, 1.54) is 36.8 Å². The maximum absolute atomic E-state index is 5.92. The van der Waals surface area contributed by atoms with E-state index in [2.05, 4.69) is 37.5 Å². The molecule has 1 saturated carbocycles. The summed E-state index contributed by atoms with van der Waals surface area (Å²) in [6, 6.07) is 6.73. The predicted octanol–water partition coefficient (Wildman–Crippen LogP) is 3.59. The fourth-order valence-corrected chi connectivity index (χ4v) is 4.11. The summed E-state index contributed by atoms with van der Waals surface area (Å²) >= 11 is 0. The number of hydrogen-bond acceptors (Lipinski definition) is 3. The standard InChI is InChI=1S/C18H28N2O/c1-12(2)13-6-8-14(9-7-13)17(20-19)16-5-3-4-15-10-11-21-18(15)16/h3-5,12-14,17,20H,6-11,19H2,1-2H3. The van der Waals surface area contributed by atoms with E-state index in [4.69, 9.17) is 10.6 Å². The van der Waals surface area contributed by atoms with Gasteiger partial charge < -0.3 is 4.74 Å². The summed E-state index contributed by atoms with van der Waals surface area (Å²) in [6.07, 6.45) is 6.22. The number of hydrazine groups is 1. The number of benzene rings is 1. The third kappa shape index (κ3) is 2.95. The second kappa shape index (κ2) is 6.37. The van der Waals surface area contributed by atoms with Crippen LogP contribution < -0.4 is 16.0 Å². The van der Waals surface area contributed by atoms with Crippen molar-refractivity contribution in [2.45, 2.75) is 52.0 Å². The van der Waals surface area contributed by atoms with Gasteiger partial charge in [-0.2, -0.15) is 0 Å². The molecule has 1 aliphatic carbocycles. The first kappa shape index (κ1) is 14.9. The van der Waals surface area contributed by atoms with Crippen LogP contribution in [0.4, 0.5) is 0 Å². The lowest BCUT2D eigenvalue weighted by Crippen LogP contribution is -2.36. The van der Waals surface area contributed by atoms with E-state index < -0.39 is 0 Å². The average Bonchev–Trinajstić information content (AvgIpc) is 2.98. The highest BCUT2D eigenvalue weighted by Gasteiger charge is 2.31. The van der Waals surface area contributed by atoms with Gasteiger partial charge >= 0.3 is 0 Å². The highest BCUT2D eigenvalue weighted by Crippen LogP contribution is 2.42. The summed E-state index contributed by atoms with van der Waals surface area (Å²) in [7, 11) is 0. The van der Waals surface area contributed by atoms with Gasteiger partial charge in [-0.1, -0.05) is 32.0 Å². The third-order valence-corrected chi connectivity index (χ3v) is 5.49. The lowest BCUT2D eigenvalue weighted by atomic mass is 9.73. The van der Waals surface area contributed by atoms with Crippen LogP contribution in [0.1, 0.15) is 56.7 Å². The molecule has 1 heterocycles. The molecule has 2 aliphatic rings. The molecule has 0 spiro atoms. The molecule has 1 fully saturated rings. The minimum Gasteiger partial charge on any atom is -0.493 e. The summed E-state index contributed by atoms with van der Waals surface area (Å²) in [4.78, 5) is 0. The highest BCUT2D eigenvalue weighted by atomic mass is 16.5. The van der Waals surface area contributed by atoms with Crippen LogP contribution in [0.25, 0.3) is 0 Å². The van der Waals surface area contributed by atoms with E-state index in [9.17, 15) is 0 Å². The third-order valence-electron chi connectivity index (χ3n) is 5.49. The van der Waals surface area contributed by atoms with Crippen LogP contribution in [0.5, 0.6) is 5.75 Å². The molecule has 116 valence electrons. The molecule has 3 rings (SSSR count). The quantitative estimate of drug-likeness (QED) is 0.657. The van der Waals surface area contributed by atoms with Crippen LogP contribution in [0.3, 0.4) is 0 Å². The topological polar surface area (TPSA) is 47.3 Å². The zero-order valence-corrected chi connectivity index (χ0v) is 13.3. The Labute approximate surface area is 128 Å². The van der Waals surface area contributed by atoms with Gasteiger partial charge in [0, 0.05) is 12.0 Å². The minimum absolute atomic E-state index is 0.228. The fourth-order valence-electron chi connectivity index (χ4n) is 4.11. The smallest absolute Gasteiger partial charge is 0.127 e. The van der Waals surface area contributed by atoms with Crippen LogP contribution in [0.15, 0.2) is 18.2 Å². The van der Waals surface area contributed by atoms with E-state index >= 15 is 0 Å². The van der Waals surface area contributed by atoms with Crippen LogP contribution in [0.2, 0.25) is 0 Å².